The molecule has 1 unspecified atom stereocenters. The van der Waals surface area contributed by atoms with Gasteiger partial charge >= 0.3 is 0 Å². The van der Waals surface area contributed by atoms with E-state index in [0.29, 0.717) is 0 Å². The lowest BCUT2D eigenvalue weighted by molar-refractivity contribution is 0.105. The Morgan fingerprint density at radius 2 is 2.06 bits per heavy atom. The Morgan fingerprint density at radius 3 is 2.69 bits per heavy atom. The summed E-state index contributed by atoms with van der Waals surface area (Å²) in [6.45, 7) is 7.94. The Kier molecular flexibility index (Phi) is 4.36. The third-order valence-corrected chi connectivity index (χ3v) is 2.84. The number of rotatable bonds is 3. The Hall–Kier alpha value is -1.02. The van der Waals surface area contributed by atoms with Gasteiger partial charge in [-0.05, 0) is 50.8 Å². The maximum Gasteiger partial charge on any atom is 0.121 e. The van der Waals surface area contributed by atoms with Crippen molar-refractivity contribution >= 4 is 0 Å². The van der Waals surface area contributed by atoms with Crippen molar-refractivity contribution in [3.8, 4) is 0 Å². The normalized spacial score (nSPS) is 24.7. The molecule has 1 N–H and O–H groups in total. The van der Waals surface area contributed by atoms with Gasteiger partial charge in [0.2, 0.25) is 0 Å². The second-order valence-corrected chi connectivity index (χ2v) is 5.05. The molecule has 2 nitrogen and oxygen atoms in total. The summed E-state index contributed by atoms with van der Waals surface area (Å²) in [7, 11) is 0. The van der Waals surface area contributed by atoms with E-state index < -0.39 is 0 Å². The molecule has 1 aliphatic rings. The molecule has 1 aliphatic heterocycles. The Bertz CT molecular complexity index is 309. The van der Waals surface area contributed by atoms with Gasteiger partial charge in [0.25, 0.3) is 0 Å². The molecule has 0 bridgehead atoms. The second-order valence-electron chi connectivity index (χ2n) is 5.05. The van der Waals surface area contributed by atoms with Gasteiger partial charge in [0.1, 0.15) is 5.60 Å². The Morgan fingerprint density at radius 1 is 1.38 bits per heavy atom. The lowest BCUT2D eigenvalue weighted by atomic mass is 9.95. The lowest BCUT2D eigenvalue weighted by Crippen LogP contribution is -2.19. The number of allylic oxidation sites excluding steroid dienone is 4. The first-order chi connectivity index (χ1) is 7.41. The van der Waals surface area contributed by atoms with Crippen molar-refractivity contribution in [1.82, 2.24) is 0 Å². The van der Waals surface area contributed by atoms with Crippen molar-refractivity contribution in [2.75, 3.05) is 0 Å². The van der Waals surface area contributed by atoms with E-state index in [0.717, 1.165) is 6.42 Å². The first-order valence-electron chi connectivity index (χ1n) is 5.81. The zero-order chi connectivity index (χ0) is 12.2. The van der Waals surface area contributed by atoms with Gasteiger partial charge in [-0.25, -0.2) is 0 Å². The standard InChI is InChI=1S/C14H22O2/c1-11(12(2)15)10-13-6-5-9-16-14(3,4)8-7-13/h5-9,11-12,15H,10H2,1-4H3/b8-7?,9-5+,13-6?/t11-,12?/m0/s1. The minimum Gasteiger partial charge on any atom is -0.491 e. The van der Waals surface area contributed by atoms with Crippen LogP contribution in [0.5, 0.6) is 0 Å². The molecule has 0 saturated carbocycles. The molecule has 0 saturated heterocycles. The summed E-state index contributed by atoms with van der Waals surface area (Å²) in [5.74, 6) is 0.271. The molecule has 1 heterocycles. The van der Waals surface area contributed by atoms with Crippen molar-refractivity contribution in [3.63, 3.8) is 0 Å². The smallest absolute Gasteiger partial charge is 0.121 e. The van der Waals surface area contributed by atoms with Crippen molar-refractivity contribution in [1.29, 1.82) is 0 Å². The topological polar surface area (TPSA) is 29.5 Å². The van der Waals surface area contributed by atoms with Crippen LogP contribution >= 0.6 is 0 Å². The average Bonchev–Trinajstić information content (AvgIpc) is 2.18. The molecule has 16 heavy (non-hydrogen) atoms. The summed E-state index contributed by atoms with van der Waals surface area (Å²) in [5, 5.41) is 9.49. The zero-order valence-electron chi connectivity index (χ0n) is 10.6. The van der Waals surface area contributed by atoms with Gasteiger partial charge in [0.15, 0.2) is 0 Å². The van der Waals surface area contributed by atoms with Crippen LogP contribution in [0.1, 0.15) is 34.1 Å². The molecule has 0 aromatic heterocycles. The average molecular weight is 222 g/mol. The fourth-order valence-corrected chi connectivity index (χ4v) is 1.46. The van der Waals surface area contributed by atoms with Crippen molar-refractivity contribution < 1.29 is 9.84 Å². The van der Waals surface area contributed by atoms with Crippen molar-refractivity contribution in [2.45, 2.75) is 45.8 Å². The maximum atomic E-state index is 9.49. The molecule has 2 heteroatoms. The number of hydrogen-bond donors (Lipinski definition) is 1. The van der Waals surface area contributed by atoms with Crippen LogP contribution in [0, 0.1) is 5.92 Å². The van der Waals surface area contributed by atoms with Crippen LogP contribution in [0.2, 0.25) is 0 Å². The second kappa shape index (κ2) is 5.35. The molecule has 1 rings (SSSR count). The quantitative estimate of drug-likeness (QED) is 0.794. The number of ether oxygens (including phenoxy) is 1. The molecular weight excluding hydrogens is 200 g/mol. The maximum absolute atomic E-state index is 9.49. The van der Waals surface area contributed by atoms with Gasteiger partial charge in [0.05, 0.1) is 12.4 Å². The van der Waals surface area contributed by atoms with Gasteiger partial charge in [-0.15, -0.1) is 0 Å². The summed E-state index contributed by atoms with van der Waals surface area (Å²) in [5.41, 5.74) is 0.963. The summed E-state index contributed by atoms with van der Waals surface area (Å²) in [4.78, 5) is 0. The van der Waals surface area contributed by atoms with Crippen molar-refractivity contribution in [2.24, 2.45) is 5.92 Å². The van der Waals surface area contributed by atoms with Crippen LogP contribution < -0.4 is 0 Å². The number of aliphatic hydroxyl groups excluding tert-OH is 1. The van der Waals surface area contributed by atoms with Gasteiger partial charge in [-0.1, -0.05) is 19.1 Å². The van der Waals surface area contributed by atoms with Gasteiger partial charge < -0.3 is 9.84 Å². The molecule has 90 valence electrons. The molecule has 0 spiro atoms. The summed E-state index contributed by atoms with van der Waals surface area (Å²) in [6.07, 6.45) is 10.4. The van der Waals surface area contributed by atoms with Crippen LogP contribution in [0.25, 0.3) is 0 Å². The highest BCUT2D eigenvalue weighted by molar-refractivity contribution is 5.27. The summed E-state index contributed by atoms with van der Waals surface area (Å²) < 4.78 is 5.51. The molecule has 0 fully saturated rings. The van der Waals surface area contributed by atoms with E-state index >= 15 is 0 Å². The molecule has 0 aromatic carbocycles. The molecule has 0 radical (unpaired) electrons. The fraction of sp³-hybridized carbons (Fsp3) is 0.571. The van der Waals surface area contributed by atoms with E-state index in [9.17, 15) is 5.11 Å². The van der Waals surface area contributed by atoms with Crippen LogP contribution in [0.4, 0.5) is 0 Å². The first-order valence-corrected chi connectivity index (χ1v) is 5.81. The minimum atomic E-state index is -0.270. The Labute approximate surface area is 98.3 Å². The van der Waals surface area contributed by atoms with Gasteiger partial charge in [-0.2, -0.15) is 0 Å². The highest BCUT2D eigenvalue weighted by atomic mass is 16.5. The van der Waals surface area contributed by atoms with Crippen LogP contribution in [-0.2, 0) is 4.74 Å². The molecular formula is C14H22O2. The summed E-state index contributed by atoms with van der Waals surface area (Å²) >= 11 is 0. The van der Waals surface area contributed by atoms with E-state index in [2.05, 4.69) is 19.1 Å². The zero-order valence-corrected chi connectivity index (χ0v) is 10.6. The van der Waals surface area contributed by atoms with Crippen LogP contribution in [0.3, 0.4) is 0 Å². The third-order valence-electron chi connectivity index (χ3n) is 2.84. The molecule has 2 atom stereocenters. The van der Waals surface area contributed by atoms with E-state index in [1.165, 1.54) is 5.57 Å². The van der Waals surface area contributed by atoms with Gasteiger partial charge in [0, 0.05) is 0 Å². The first kappa shape index (κ1) is 13.0. The van der Waals surface area contributed by atoms with Crippen molar-refractivity contribution in [3.05, 3.63) is 36.1 Å². The third kappa shape index (κ3) is 4.23. The van der Waals surface area contributed by atoms with Crippen LogP contribution in [-0.4, -0.2) is 16.8 Å². The van der Waals surface area contributed by atoms with E-state index in [1.54, 1.807) is 6.26 Å². The SMILES string of the molecule is CC(O)[C@@H](C)CC1=C/C=C/OC(C)(C)C=C1. The molecule has 0 aromatic rings. The Balaban J connectivity index is 2.73. The van der Waals surface area contributed by atoms with Gasteiger partial charge in [-0.3, -0.25) is 0 Å². The van der Waals surface area contributed by atoms with Crippen LogP contribution in [0.15, 0.2) is 36.1 Å². The van der Waals surface area contributed by atoms with E-state index in [-0.39, 0.29) is 17.6 Å². The highest BCUT2D eigenvalue weighted by Gasteiger charge is 2.15. The van der Waals surface area contributed by atoms with E-state index in [4.69, 9.17) is 4.74 Å². The van der Waals surface area contributed by atoms with E-state index in [1.807, 2.05) is 32.9 Å². The fourth-order valence-electron chi connectivity index (χ4n) is 1.46. The highest BCUT2D eigenvalue weighted by Crippen LogP contribution is 2.21. The summed E-state index contributed by atoms with van der Waals surface area (Å²) in [6, 6.07) is 0. The largest absolute Gasteiger partial charge is 0.491 e. The monoisotopic (exact) mass is 222 g/mol. The number of aliphatic hydroxyl groups is 1. The number of hydrogen-bond acceptors (Lipinski definition) is 2. The predicted octanol–water partition coefficient (Wildman–Crippen LogP) is 3.20. The predicted molar refractivity (Wildman–Crippen MR) is 67.0 cm³/mol. The lowest BCUT2D eigenvalue weighted by Gasteiger charge is -2.22. The molecule has 0 amide bonds. The molecule has 0 aliphatic carbocycles. The minimum absolute atomic E-state index is 0.260.